The Hall–Kier alpha value is -0.930. The summed E-state index contributed by atoms with van der Waals surface area (Å²) >= 11 is 0. The van der Waals surface area contributed by atoms with Gasteiger partial charge in [-0.3, -0.25) is 0 Å². The third-order valence-electron chi connectivity index (χ3n) is 4.65. The van der Waals surface area contributed by atoms with E-state index in [4.69, 9.17) is 4.74 Å². The van der Waals surface area contributed by atoms with Crippen LogP contribution in [0.1, 0.15) is 26.2 Å². The number of hydrogen-bond donors (Lipinski definition) is 0. The number of carbonyl (C=O) groups excluding carboxylic acids is 1. The molecule has 4 atom stereocenters. The van der Waals surface area contributed by atoms with Gasteiger partial charge in [-0.05, 0) is 38.0 Å². The molecule has 0 unspecified atom stereocenters. The van der Waals surface area contributed by atoms with Crippen LogP contribution < -0.4 is 0 Å². The van der Waals surface area contributed by atoms with Gasteiger partial charge >= 0.3 is 5.97 Å². The van der Waals surface area contributed by atoms with Gasteiger partial charge < -0.3 is 4.74 Å². The minimum atomic E-state index is -2.50. The summed E-state index contributed by atoms with van der Waals surface area (Å²) in [4.78, 5) is 11.4. The fourth-order valence-electron chi connectivity index (χ4n) is 3.98. The van der Waals surface area contributed by atoms with Crippen LogP contribution in [0.25, 0.3) is 0 Å². The normalized spacial score (nSPS) is 43.4. The molecule has 3 saturated carbocycles. The van der Waals surface area contributed by atoms with Crippen molar-refractivity contribution in [2.24, 2.45) is 23.7 Å². The van der Waals surface area contributed by atoms with E-state index in [1.807, 2.05) is 0 Å². The second-order valence-electron chi connectivity index (χ2n) is 5.32. The quantitative estimate of drug-likeness (QED) is 0.549. The van der Waals surface area contributed by atoms with Crippen molar-refractivity contribution in [1.82, 2.24) is 0 Å². The summed E-state index contributed by atoms with van der Waals surface area (Å²) < 4.78 is 32.6. The average molecular weight is 242 g/mol. The number of carbonyl (C=O) groups is 1. The Morgan fingerprint density at radius 3 is 2.94 bits per heavy atom. The van der Waals surface area contributed by atoms with Crippen molar-refractivity contribution in [2.75, 3.05) is 6.61 Å². The molecule has 3 fully saturated rings. The van der Waals surface area contributed by atoms with Crippen molar-refractivity contribution in [3.8, 4) is 0 Å². The van der Waals surface area contributed by atoms with Crippen molar-refractivity contribution < 1.29 is 18.3 Å². The summed E-state index contributed by atoms with van der Waals surface area (Å²) in [6.45, 7) is 2.08. The molecule has 0 amide bonds. The topological polar surface area (TPSA) is 26.3 Å². The summed E-state index contributed by atoms with van der Waals surface area (Å²) in [6.07, 6.45) is 3.44. The molecule has 0 aromatic carbocycles. The number of fused-ring (bicyclic) bond motifs is 1. The van der Waals surface area contributed by atoms with Crippen molar-refractivity contribution in [2.45, 2.75) is 32.1 Å². The molecule has 3 rings (SSSR count). The molecule has 3 aliphatic carbocycles. The van der Waals surface area contributed by atoms with Crippen molar-refractivity contribution in [3.05, 3.63) is 11.6 Å². The van der Waals surface area contributed by atoms with Gasteiger partial charge in [0.1, 0.15) is 0 Å². The van der Waals surface area contributed by atoms with Crippen LogP contribution in [0.15, 0.2) is 11.6 Å². The van der Waals surface area contributed by atoms with E-state index in [1.165, 1.54) is 6.08 Å². The van der Waals surface area contributed by atoms with E-state index >= 15 is 0 Å². The molecule has 94 valence electrons. The van der Waals surface area contributed by atoms with E-state index in [-0.39, 0.29) is 17.8 Å². The highest BCUT2D eigenvalue weighted by Gasteiger charge is 2.69. The summed E-state index contributed by atoms with van der Waals surface area (Å²) in [5.74, 6) is -3.96. The van der Waals surface area contributed by atoms with E-state index in [9.17, 15) is 13.6 Å². The summed E-state index contributed by atoms with van der Waals surface area (Å²) in [7, 11) is 0. The highest BCUT2D eigenvalue weighted by molar-refractivity contribution is 5.83. The highest BCUT2D eigenvalue weighted by atomic mass is 19.3. The third-order valence-corrected chi connectivity index (χ3v) is 4.65. The lowest BCUT2D eigenvalue weighted by Gasteiger charge is -2.48. The molecule has 0 aromatic rings. The molecule has 17 heavy (non-hydrogen) atoms. The maximum Gasteiger partial charge on any atom is 0.330 e. The number of alkyl halides is 2. The van der Waals surface area contributed by atoms with Gasteiger partial charge in [-0.25, -0.2) is 13.6 Å². The van der Waals surface area contributed by atoms with Gasteiger partial charge in [-0.2, -0.15) is 0 Å². The third kappa shape index (κ3) is 1.39. The fraction of sp³-hybridized carbons (Fsp3) is 0.769. The summed E-state index contributed by atoms with van der Waals surface area (Å²) in [6, 6.07) is 0. The van der Waals surface area contributed by atoms with Crippen LogP contribution in [-0.4, -0.2) is 18.5 Å². The summed E-state index contributed by atoms with van der Waals surface area (Å²) in [5, 5.41) is 0. The molecule has 2 nitrogen and oxygen atoms in total. The second kappa shape index (κ2) is 3.53. The van der Waals surface area contributed by atoms with Crippen LogP contribution >= 0.6 is 0 Å². The first-order valence-electron chi connectivity index (χ1n) is 6.31. The van der Waals surface area contributed by atoms with E-state index in [0.717, 1.165) is 12.0 Å². The predicted octanol–water partition coefficient (Wildman–Crippen LogP) is 2.79. The predicted molar refractivity (Wildman–Crippen MR) is 57.5 cm³/mol. The van der Waals surface area contributed by atoms with Gasteiger partial charge in [0, 0.05) is 17.9 Å². The van der Waals surface area contributed by atoms with Gasteiger partial charge in [0.05, 0.1) is 6.61 Å². The molecule has 0 radical (unpaired) electrons. The molecule has 2 bridgehead atoms. The first-order chi connectivity index (χ1) is 8.05. The zero-order chi connectivity index (χ0) is 12.2. The van der Waals surface area contributed by atoms with E-state index in [0.29, 0.717) is 19.4 Å². The standard InChI is InChI=1S/C13H16F2O2/c1-2-17-11(16)6-9-8-4-3-7-5-10(9)12(8)13(7,14)15/h6-8,10,12H,2-5H2,1H3/b9-6+/t7-,8+,10-,12+/m0/s1. The smallest absolute Gasteiger partial charge is 0.330 e. The Morgan fingerprint density at radius 1 is 1.47 bits per heavy atom. The van der Waals surface area contributed by atoms with Gasteiger partial charge in [-0.15, -0.1) is 0 Å². The monoisotopic (exact) mass is 242 g/mol. The number of rotatable bonds is 2. The highest BCUT2D eigenvalue weighted by Crippen LogP contribution is 2.69. The lowest BCUT2D eigenvalue weighted by Crippen LogP contribution is -2.48. The molecular weight excluding hydrogens is 226 g/mol. The fourth-order valence-corrected chi connectivity index (χ4v) is 3.98. The average Bonchev–Trinajstić information content (AvgIpc) is 2.48. The van der Waals surface area contributed by atoms with E-state index in [2.05, 4.69) is 0 Å². The molecule has 0 heterocycles. The molecule has 0 spiro atoms. The molecule has 4 heteroatoms. The van der Waals surface area contributed by atoms with Crippen LogP contribution in [0.5, 0.6) is 0 Å². The van der Waals surface area contributed by atoms with Crippen LogP contribution in [0.2, 0.25) is 0 Å². The maximum absolute atomic E-state index is 13.9. The maximum atomic E-state index is 13.9. The number of hydrogen-bond acceptors (Lipinski definition) is 2. The van der Waals surface area contributed by atoms with Crippen LogP contribution in [0.3, 0.4) is 0 Å². The Labute approximate surface area is 99.0 Å². The van der Waals surface area contributed by atoms with E-state index in [1.54, 1.807) is 6.92 Å². The molecule has 3 aliphatic rings. The van der Waals surface area contributed by atoms with Crippen molar-refractivity contribution >= 4 is 5.97 Å². The molecule has 0 N–H and O–H groups in total. The number of allylic oxidation sites excluding steroid dienone is 1. The minimum Gasteiger partial charge on any atom is -0.463 e. The zero-order valence-electron chi connectivity index (χ0n) is 9.79. The Morgan fingerprint density at radius 2 is 2.24 bits per heavy atom. The lowest BCUT2D eigenvalue weighted by molar-refractivity contribution is -0.140. The minimum absolute atomic E-state index is 0.0630. The van der Waals surface area contributed by atoms with Crippen LogP contribution in [-0.2, 0) is 9.53 Å². The lowest BCUT2D eigenvalue weighted by atomic mass is 9.59. The van der Waals surface area contributed by atoms with E-state index < -0.39 is 17.8 Å². The molecule has 0 aliphatic heterocycles. The number of halogens is 2. The first kappa shape index (κ1) is 11.2. The van der Waals surface area contributed by atoms with Gasteiger partial charge in [-0.1, -0.05) is 5.57 Å². The number of ether oxygens (including phenoxy) is 1. The first-order valence-corrected chi connectivity index (χ1v) is 6.31. The molecule has 0 saturated heterocycles. The molecular formula is C13H16F2O2. The Kier molecular flexibility index (Phi) is 2.32. The largest absolute Gasteiger partial charge is 0.463 e. The molecule has 0 aromatic heterocycles. The second-order valence-corrected chi connectivity index (χ2v) is 5.32. The van der Waals surface area contributed by atoms with Crippen molar-refractivity contribution in [1.29, 1.82) is 0 Å². The van der Waals surface area contributed by atoms with Crippen LogP contribution in [0.4, 0.5) is 8.78 Å². The Balaban J connectivity index is 1.83. The van der Waals surface area contributed by atoms with Gasteiger partial charge in [0.15, 0.2) is 0 Å². The Bertz CT molecular complexity index is 381. The summed E-state index contributed by atoms with van der Waals surface area (Å²) in [5.41, 5.74) is 0.924. The van der Waals surface area contributed by atoms with Gasteiger partial charge in [0.2, 0.25) is 0 Å². The zero-order valence-corrected chi connectivity index (χ0v) is 9.79. The van der Waals surface area contributed by atoms with Crippen molar-refractivity contribution in [3.63, 3.8) is 0 Å². The SMILES string of the molecule is CCOC(=O)/C=C1\[C@H]2CC[C@H]3C[C@@H]1[C@@H]2C3(F)F. The van der Waals surface area contributed by atoms with Gasteiger partial charge in [0.25, 0.3) is 5.92 Å². The number of esters is 1. The van der Waals surface area contributed by atoms with Crippen LogP contribution in [0, 0.1) is 23.7 Å².